The van der Waals surface area contributed by atoms with Gasteiger partial charge >= 0.3 is 0 Å². The van der Waals surface area contributed by atoms with E-state index in [0.717, 1.165) is 22.3 Å². The largest absolute Gasteiger partial charge is 0.392 e. The number of amides is 3. The summed E-state index contributed by atoms with van der Waals surface area (Å²) < 4.78 is 0. The summed E-state index contributed by atoms with van der Waals surface area (Å²) in [6.07, 6.45) is 3.77. The summed E-state index contributed by atoms with van der Waals surface area (Å²) in [6, 6.07) is 25.8. The lowest BCUT2D eigenvalue weighted by molar-refractivity contribution is -0.146. The van der Waals surface area contributed by atoms with E-state index in [0.29, 0.717) is 6.42 Å². The lowest BCUT2D eigenvalue weighted by Gasteiger charge is -2.34. The van der Waals surface area contributed by atoms with Crippen LogP contribution in [0.4, 0.5) is 0 Å². The van der Waals surface area contributed by atoms with E-state index in [2.05, 4.69) is 10.6 Å². The van der Waals surface area contributed by atoms with E-state index in [-0.39, 0.29) is 42.6 Å². The number of nitrogens with one attached hydrogen (secondary N) is 2. The number of rotatable bonds is 15. The van der Waals surface area contributed by atoms with Crippen molar-refractivity contribution >= 4 is 17.7 Å². The molecule has 0 aliphatic rings. The van der Waals surface area contributed by atoms with Gasteiger partial charge < -0.3 is 25.5 Å². The first-order valence-corrected chi connectivity index (χ1v) is 15.4. The van der Waals surface area contributed by atoms with Crippen molar-refractivity contribution < 1.29 is 19.5 Å². The fraction of sp³-hybridized carbons (Fsp3) is 0.378. The third-order valence-corrected chi connectivity index (χ3v) is 8.12. The van der Waals surface area contributed by atoms with Crippen LogP contribution in [0.2, 0.25) is 0 Å². The number of likely N-dealkylation sites (N-methyl/N-ethyl adjacent to an activating group) is 2. The average molecular weight is 613 g/mol. The predicted molar refractivity (Wildman–Crippen MR) is 180 cm³/mol. The van der Waals surface area contributed by atoms with Crippen molar-refractivity contribution in [3.63, 3.8) is 0 Å². The van der Waals surface area contributed by atoms with E-state index in [1.54, 1.807) is 21.0 Å². The Morgan fingerprint density at radius 3 is 1.91 bits per heavy atom. The van der Waals surface area contributed by atoms with Crippen molar-refractivity contribution in [1.29, 1.82) is 0 Å². The van der Waals surface area contributed by atoms with Gasteiger partial charge in [-0.3, -0.25) is 14.4 Å². The molecule has 0 aliphatic heterocycles. The molecule has 0 spiro atoms. The van der Waals surface area contributed by atoms with Gasteiger partial charge in [0.1, 0.15) is 12.1 Å². The molecule has 0 fully saturated rings. The van der Waals surface area contributed by atoms with Crippen LogP contribution in [0.15, 0.2) is 97.1 Å². The minimum absolute atomic E-state index is 0.0650. The number of carbonyl (C=O) groups excluding carboxylic acids is 3. The van der Waals surface area contributed by atoms with Crippen LogP contribution in [0.25, 0.3) is 11.1 Å². The Morgan fingerprint density at radius 2 is 1.33 bits per heavy atom. The Bertz CT molecular complexity index is 1410. The summed E-state index contributed by atoms with van der Waals surface area (Å²) in [5, 5.41) is 15.8. The maximum atomic E-state index is 14.3. The molecule has 3 aromatic rings. The Balaban J connectivity index is 1.92. The topological polar surface area (TPSA) is 102 Å². The van der Waals surface area contributed by atoms with E-state index >= 15 is 0 Å². The van der Waals surface area contributed by atoms with Crippen molar-refractivity contribution in [3.8, 4) is 11.1 Å². The number of aliphatic hydroxyl groups excluding tert-OH is 1. The minimum atomic E-state index is -0.866. The molecule has 3 amide bonds. The van der Waals surface area contributed by atoms with Crippen LogP contribution >= 0.6 is 0 Å². The molecule has 3 aromatic carbocycles. The van der Waals surface area contributed by atoms with Gasteiger partial charge in [-0.25, -0.2) is 0 Å². The van der Waals surface area contributed by atoms with Gasteiger partial charge in [0.25, 0.3) is 0 Å². The van der Waals surface area contributed by atoms with Crippen molar-refractivity contribution in [2.45, 2.75) is 63.8 Å². The fourth-order valence-electron chi connectivity index (χ4n) is 4.90. The number of aliphatic hydroxyl groups is 1. The number of benzene rings is 3. The molecular formula is C37H48N4O4. The second-order valence-electron chi connectivity index (χ2n) is 12.2. The molecule has 0 aromatic heterocycles. The smallest absolute Gasteiger partial charge is 0.246 e. The second kappa shape index (κ2) is 16.7. The zero-order valence-electron chi connectivity index (χ0n) is 27.4. The summed E-state index contributed by atoms with van der Waals surface area (Å²) in [7, 11) is 5.11. The molecule has 0 saturated heterocycles. The van der Waals surface area contributed by atoms with Gasteiger partial charge in [0.2, 0.25) is 17.7 Å². The van der Waals surface area contributed by atoms with E-state index in [1.165, 1.54) is 15.9 Å². The molecule has 0 heterocycles. The predicted octanol–water partition coefficient (Wildman–Crippen LogP) is 4.23. The van der Waals surface area contributed by atoms with Crippen LogP contribution in [-0.2, 0) is 27.2 Å². The van der Waals surface area contributed by atoms with E-state index in [1.807, 2.05) is 112 Å². The third-order valence-electron chi connectivity index (χ3n) is 8.12. The third kappa shape index (κ3) is 10.7. The monoisotopic (exact) mass is 612 g/mol. The maximum absolute atomic E-state index is 14.3. The van der Waals surface area contributed by atoms with Crippen molar-refractivity contribution in [1.82, 2.24) is 20.4 Å². The molecule has 45 heavy (non-hydrogen) atoms. The molecular weight excluding hydrogens is 564 g/mol. The normalized spacial score (nSPS) is 13.6. The number of carbonyl (C=O) groups is 3. The Hall–Kier alpha value is -4.27. The van der Waals surface area contributed by atoms with Crippen molar-refractivity contribution in [2.75, 3.05) is 27.7 Å². The molecule has 0 radical (unpaired) electrons. The van der Waals surface area contributed by atoms with E-state index < -0.39 is 18.2 Å². The molecule has 8 nitrogen and oxygen atoms in total. The summed E-state index contributed by atoms with van der Waals surface area (Å²) in [5.41, 5.74) is 3.73. The minimum Gasteiger partial charge on any atom is -0.392 e. The van der Waals surface area contributed by atoms with Crippen LogP contribution < -0.4 is 10.6 Å². The van der Waals surface area contributed by atoms with Crippen LogP contribution in [0.5, 0.6) is 0 Å². The van der Waals surface area contributed by atoms with E-state index in [9.17, 15) is 19.5 Å². The van der Waals surface area contributed by atoms with Crippen LogP contribution in [-0.4, -0.2) is 84.0 Å². The van der Waals surface area contributed by atoms with Gasteiger partial charge in [0, 0.05) is 39.0 Å². The van der Waals surface area contributed by atoms with Crippen LogP contribution in [0.3, 0.4) is 0 Å². The highest BCUT2D eigenvalue weighted by Gasteiger charge is 2.35. The van der Waals surface area contributed by atoms with Gasteiger partial charge in [-0.1, -0.05) is 91.0 Å². The lowest BCUT2D eigenvalue weighted by atomic mass is 9.98. The molecule has 3 rings (SSSR count). The van der Waals surface area contributed by atoms with Crippen molar-refractivity contribution in [2.24, 2.45) is 0 Å². The Morgan fingerprint density at radius 1 is 0.800 bits per heavy atom. The first-order chi connectivity index (χ1) is 21.4. The zero-order valence-corrected chi connectivity index (χ0v) is 27.4. The SMILES string of the molecule is CNC(C)(C)C/C=C/C(=O)N(C)C(Cc1ccc(-c2ccccc2)cc1)C(=O)N(C)C(Cc1ccccc1)C(=O)NCC(C)O. The number of nitrogens with zero attached hydrogens (tertiary/aromatic N) is 2. The molecule has 8 heteroatoms. The molecule has 3 atom stereocenters. The zero-order chi connectivity index (χ0) is 33.0. The fourth-order valence-corrected chi connectivity index (χ4v) is 4.90. The van der Waals surface area contributed by atoms with Gasteiger partial charge in [-0.05, 0) is 62.6 Å². The summed E-state index contributed by atoms with van der Waals surface area (Å²) in [4.78, 5) is 44.0. The highest BCUT2D eigenvalue weighted by Crippen LogP contribution is 2.21. The lowest BCUT2D eigenvalue weighted by Crippen LogP contribution is -2.56. The highest BCUT2D eigenvalue weighted by atomic mass is 16.3. The quantitative estimate of drug-likeness (QED) is 0.223. The van der Waals surface area contributed by atoms with Gasteiger partial charge in [0.05, 0.1) is 6.10 Å². The standard InChI is InChI=1S/C37H48N4O4/c1-27(42)26-39-35(44)32(24-28-14-9-7-10-15-28)41(6)36(45)33(40(5)34(43)18-13-23-37(2,3)38-4)25-29-19-21-31(22-20-29)30-16-11-8-12-17-30/h7-22,27,32-33,38,42H,23-26H2,1-6H3,(H,39,44)/b18-13+. The van der Waals surface area contributed by atoms with Gasteiger partial charge in [-0.15, -0.1) is 0 Å². The molecule has 0 saturated carbocycles. The van der Waals surface area contributed by atoms with Gasteiger partial charge in [-0.2, -0.15) is 0 Å². The first-order valence-electron chi connectivity index (χ1n) is 15.4. The second-order valence-corrected chi connectivity index (χ2v) is 12.2. The summed E-state index contributed by atoms with van der Waals surface area (Å²) in [5.74, 6) is -1.02. The number of hydrogen-bond acceptors (Lipinski definition) is 5. The first kappa shape index (κ1) is 35.2. The Labute approximate surface area is 268 Å². The molecule has 3 unspecified atom stereocenters. The van der Waals surface area contributed by atoms with Crippen LogP contribution in [0, 0.1) is 0 Å². The summed E-state index contributed by atoms with van der Waals surface area (Å²) in [6.45, 7) is 5.74. The van der Waals surface area contributed by atoms with E-state index in [4.69, 9.17) is 0 Å². The van der Waals surface area contributed by atoms with Crippen molar-refractivity contribution in [3.05, 3.63) is 108 Å². The maximum Gasteiger partial charge on any atom is 0.246 e. The molecule has 3 N–H and O–H groups in total. The molecule has 240 valence electrons. The average Bonchev–Trinajstić information content (AvgIpc) is 3.05. The Kier molecular flexibility index (Phi) is 13.1. The van der Waals surface area contributed by atoms with Gasteiger partial charge in [0.15, 0.2) is 0 Å². The highest BCUT2D eigenvalue weighted by molar-refractivity contribution is 5.95. The molecule has 0 bridgehead atoms. The number of hydrogen-bond donors (Lipinski definition) is 3. The van der Waals surface area contributed by atoms with Crippen LogP contribution in [0.1, 0.15) is 38.3 Å². The molecule has 0 aliphatic carbocycles. The summed E-state index contributed by atoms with van der Waals surface area (Å²) >= 11 is 0.